The fraction of sp³-hybridized carbons (Fsp3) is 0.933. The molecule has 19 heavy (non-hydrogen) atoms. The Balaban J connectivity index is 1.40. The van der Waals surface area contributed by atoms with Crippen molar-refractivity contribution in [1.29, 1.82) is 0 Å². The molecular formula is C15H26N2O2. The molecule has 0 aromatic rings. The van der Waals surface area contributed by atoms with Crippen LogP contribution in [0.25, 0.3) is 0 Å². The molecule has 4 nitrogen and oxygen atoms in total. The maximum Gasteiger partial charge on any atom is 0.306 e. The number of carboxylic acids is 1. The molecule has 3 aliphatic rings. The molecule has 108 valence electrons. The maximum atomic E-state index is 10.9. The van der Waals surface area contributed by atoms with Crippen molar-refractivity contribution >= 4 is 5.97 Å². The molecule has 3 rings (SSSR count). The topological polar surface area (TPSA) is 52.6 Å². The second kappa shape index (κ2) is 5.80. The molecule has 4 heteroatoms. The molecule has 2 unspecified atom stereocenters. The van der Waals surface area contributed by atoms with Crippen molar-refractivity contribution < 1.29 is 9.90 Å². The zero-order valence-corrected chi connectivity index (χ0v) is 11.7. The first kappa shape index (κ1) is 13.4. The summed E-state index contributed by atoms with van der Waals surface area (Å²) in [6.45, 7) is 3.67. The monoisotopic (exact) mass is 266 g/mol. The first-order valence-electron chi connectivity index (χ1n) is 7.94. The molecule has 0 aromatic heterocycles. The SMILES string of the molecule is O=C(O)C1CCC(CNC2CCN3CCCC23)CC1. The van der Waals surface area contributed by atoms with Crippen molar-refractivity contribution in [2.24, 2.45) is 11.8 Å². The molecule has 0 spiro atoms. The molecule has 2 heterocycles. The van der Waals surface area contributed by atoms with Gasteiger partial charge in [-0.3, -0.25) is 9.69 Å². The van der Waals surface area contributed by atoms with E-state index in [4.69, 9.17) is 5.11 Å². The van der Waals surface area contributed by atoms with E-state index in [0.717, 1.165) is 38.3 Å². The third kappa shape index (κ3) is 2.95. The molecule has 2 saturated heterocycles. The fourth-order valence-corrected chi connectivity index (χ4v) is 4.25. The lowest BCUT2D eigenvalue weighted by Gasteiger charge is -2.29. The van der Waals surface area contributed by atoms with Gasteiger partial charge in [0, 0.05) is 18.6 Å². The van der Waals surface area contributed by atoms with Crippen LogP contribution in [-0.2, 0) is 4.79 Å². The van der Waals surface area contributed by atoms with Gasteiger partial charge in [0.25, 0.3) is 0 Å². The summed E-state index contributed by atoms with van der Waals surface area (Å²) in [4.78, 5) is 13.6. The Bertz CT molecular complexity index is 326. The summed E-state index contributed by atoms with van der Waals surface area (Å²) < 4.78 is 0. The minimum atomic E-state index is -0.594. The van der Waals surface area contributed by atoms with E-state index in [1.165, 1.54) is 32.4 Å². The molecule has 0 aromatic carbocycles. The van der Waals surface area contributed by atoms with E-state index in [9.17, 15) is 4.79 Å². The summed E-state index contributed by atoms with van der Waals surface area (Å²) in [6.07, 6.45) is 7.96. The Labute approximate surface area is 115 Å². The molecule has 3 fully saturated rings. The predicted molar refractivity (Wildman–Crippen MR) is 74.1 cm³/mol. The van der Waals surface area contributed by atoms with Gasteiger partial charge < -0.3 is 10.4 Å². The summed E-state index contributed by atoms with van der Waals surface area (Å²) in [7, 11) is 0. The van der Waals surface area contributed by atoms with Gasteiger partial charge in [0.1, 0.15) is 0 Å². The highest BCUT2D eigenvalue weighted by atomic mass is 16.4. The molecule has 1 aliphatic carbocycles. The standard InChI is InChI=1S/C15H26N2O2/c18-15(19)12-5-3-11(4-6-12)10-16-13-7-9-17-8-1-2-14(13)17/h11-14,16H,1-10H2,(H,18,19). The van der Waals surface area contributed by atoms with E-state index < -0.39 is 5.97 Å². The quantitative estimate of drug-likeness (QED) is 0.813. The zero-order valence-electron chi connectivity index (χ0n) is 11.7. The van der Waals surface area contributed by atoms with Crippen molar-refractivity contribution in [2.75, 3.05) is 19.6 Å². The Morgan fingerprint density at radius 1 is 1.11 bits per heavy atom. The maximum absolute atomic E-state index is 10.9. The number of nitrogens with zero attached hydrogens (tertiary/aromatic N) is 1. The second-order valence-electron chi connectivity index (χ2n) is 6.60. The van der Waals surface area contributed by atoms with Crippen LogP contribution in [0.2, 0.25) is 0 Å². The van der Waals surface area contributed by atoms with Crippen molar-refractivity contribution in [1.82, 2.24) is 10.2 Å². The smallest absolute Gasteiger partial charge is 0.306 e. The number of fused-ring (bicyclic) bond motifs is 1. The number of hydrogen-bond acceptors (Lipinski definition) is 3. The molecule has 1 saturated carbocycles. The van der Waals surface area contributed by atoms with E-state index in [0.29, 0.717) is 12.0 Å². The highest BCUT2D eigenvalue weighted by molar-refractivity contribution is 5.69. The van der Waals surface area contributed by atoms with Gasteiger partial charge >= 0.3 is 5.97 Å². The number of rotatable bonds is 4. The van der Waals surface area contributed by atoms with Crippen LogP contribution in [0.15, 0.2) is 0 Å². The number of carboxylic acid groups (broad SMARTS) is 1. The Morgan fingerprint density at radius 3 is 2.63 bits per heavy atom. The molecule has 0 radical (unpaired) electrons. The molecule has 2 N–H and O–H groups in total. The third-order valence-electron chi connectivity index (χ3n) is 5.47. The summed E-state index contributed by atoms with van der Waals surface area (Å²) in [5.41, 5.74) is 0. The van der Waals surface area contributed by atoms with Crippen LogP contribution in [-0.4, -0.2) is 47.7 Å². The van der Waals surface area contributed by atoms with Crippen LogP contribution >= 0.6 is 0 Å². The van der Waals surface area contributed by atoms with Gasteiger partial charge in [-0.05, 0) is 64.0 Å². The molecule has 2 atom stereocenters. The van der Waals surface area contributed by atoms with Gasteiger partial charge in [-0.1, -0.05) is 0 Å². The first-order chi connectivity index (χ1) is 9.24. The summed E-state index contributed by atoms with van der Waals surface area (Å²) in [6, 6.07) is 1.48. The molecular weight excluding hydrogens is 240 g/mol. The minimum absolute atomic E-state index is 0.0759. The normalized spacial score (nSPS) is 39.4. The first-order valence-corrected chi connectivity index (χ1v) is 7.94. The van der Waals surface area contributed by atoms with E-state index in [-0.39, 0.29) is 5.92 Å². The summed E-state index contributed by atoms with van der Waals surface area (Å²) >= 11 is 0. The van der Waals surface area contributed by atoms with Crippen LogP contribution in [0.1, 0.15) is 44.9 Å². The third-order valence-corrected chi connectivity index (χ3v) is 5.47. The molecule has 2 aliphatic heterocycles. The van der Waals surface area contributed by atoms with Gasteiger partial charge in [-0.2, -0.15) is 0 Å². The summed E-state index contributed by atoms with van der Waals surface area (Å²) in [5, 5.41) is 12.8. The predicted octanol–water partition coefficient (Wildman–Crippen LogP) is 1.70. The van der Waals surface area contributed by atoms with Gasteiger partial charge in [0.05, 0.1) is 5.92 Å². The number of nitrogens with one attached hydrogen (secondary N) is 1. The average Bonchev–Trinajstić information content (AvgIpc) is 3.00. The molecule has 0 bridgehead atoms. The highest BCUT2D eigenvalue weighted by Crippen LogP contribution is 2.30. The van der Waals surface area contributed by atoms with Crippen LogP contribution in [0, 0.1) is 11.8 Å². The van der Waals surface area contributed by atoms with Gasteiger partial charge in [-0.15, -0.1) is 0 Å². The van der Waals surface area contributed by atoms with Gasteiger partial charge in [0.15, 0.2) is 0 Å². The number of hydrogen-bond donors (Lipinski definition) is 2. The van der Waals surface area contributed by atoms with E-state index in [2.05, 4.69) is 10.2 Å². The lowest BCUT2D eigenvalue weighted by atomic mass is 9.82. The van der Waals surface area contributed by atoms with E-state index in [1.54, 1.807) is 0 Å². The largest absolute Gasteiger partial charge is 0.481 e. The van der Waals surface area contributed by atoms with E-state index in [1.807, 2.05) is 0 Å². The van der Waals surface area contributed by atoms with Gasteiger partial charge in [-0.25, -0.2) is 0 Å². The lowest BCUT2D eigenvalue weighted by Crippen LogP contribution is -2.41. The van der Waals surface area contributed by atoms with Crippen molar-refractivity contribution in [3.63, 3.8) is 0 Å². The highest BCUT2D eigenvalue weighted by Gasteiger charge is 2.37. The minimum Gasteiger partial charge on any atom is -0.481 e. The van der Waals surface area contributed by atoms with E-state index >= 15 is 0 Å². The Morgan fingerprint density at radius 2 is 1.89 bits per heavy atom. The zero-order chi connectivity index (χ0) is 13.2. The average molecular weight is 266 g/mol. The van der Waals surface area contributed by atoms with Crippen molar-refractivity contribution in [3.05, 3.63) is 0 Å². The number of aliphatic carboxylic acids is 1. The van der Waals surface area contributed by atoms with Crippen molar-refractivity contribution in [3.8, 4) is 0 Å². The van der Waals surface area contributed by atoms with Crippen LogP contribution < -0.4 is 5.32 Å². The second-order valence-corrected chi connectivity index (χ2v) is 6.60. The van der Waals surface area contributed by atoms with Crippen molar-refractivity contribution in [2.45, 2.75) is 57.0 Å². The molecule has 0 amide bonds. The Hall–Kier alpha value is -0.610. The lowest BCUT2D eigenvalue weighted by molar-refractivity contribution is -0.143. The number of carbonyl (C=O) groups is 1. The summed E-state index contributed by atoms with van der Waals surface area (Å²) in [5.74, 6) is 0.0305. The fourth-order valence-electron chi connectivity index (χ4n) is 4.25. The Kier molecular flexibility index (Phi) is 4.08. The van der Waals surface area contributed by atoms with Gasteiger partial charge in [0.2, 0.25) is 0 Å². The van der Waals surface area contributed by atoms with Crippen LogP contribution in [0.4, 0.5) is 0 Å². The van der Waals surface area contributed by atoms with Crippen LogP contribution in [0.5, 0.6) is 0 Å². The van der Waals surface area contributed by atoms with Crippen LogP contribution in [0.3, 0.4) is 0 Å².